The number of nitrogens with zero attached hydrogens (tertiary/aromatic N) is 1. The maximum absolute atomic E-state index is 12.9. The summed E-state index contributed by atoms with van der Waals surface area (Å²) < 4.78 is 58.8. The number of benzene rings is 1. The summed E-state index contributed by atoms with van der Waals surface area (Å²) in [4.78, 5) is 11.4. The molecule has 21 heavy (non-hydrogen) atoms. The number of esters is 1. The van der Waals surface area contributed by atoms with Crippen LogP contribution in [0.1, 0.15) is 30.0 Å². The van der Waals surface area contributed by atoms with Crippen molar-refractivity contribution in [3.63, 3.8) is 0 Å². The fourth-order valence-corrected chi connectivity index (χ4v) is 1.68. The van der Waals surface area contributed by atoms with Crippen LogP contribution < -0.4 is 4.74 Å². The van der Waals surface area contributed by atoms with E-state index in [9.17, 15) is 22.4 Å². The van der Waals surface area contributed by atoms with Gasteiger partial charge in [0.25, 0.3) is 6.43 Å². The molecular weight excluding hydrogens is 294 g/mol. The largest absolute Gasteiger partial charge is 0.466 e. The van der Waals surface area contributed by atoms with Crippen LogP contribution in [0.2, 0.25) is 0 Å². The summed E-state index contributed by atoms with van der Waals surface area (Å²) in [6.07, 6.45) is -3.56. The Hall–Kier alpha value is -2.30. The van der Waals surface area contributed by atoms with Crippen LogP contribution in [0, 0.1) is 11.3 Å². The average Bonchev–Trinajstić information content (AvgIpc) is 2.37. The van der Waals surface area contributed by atoms with E-state index >= 15 is 0 Å². The molecule has 1 aromatic rings. The summed E-state index contributed by atoms with van der Waals surface area (Å²) in [7, 11) is 0. The second-order valence-corrected chi connectivity index (χ2v) is 3.82. The van der Waals surface area contributed by atoms with E-state index in [1.54, 1.807) is 13.0 Å². The van der Waals surface area contributed by atoms with E-state index in [0.717, 1.165) is 6.07 Å². The Labute approximate surface area is 117 Å². The van der Waals surface area contributed by atoms with Crippen LogP contribution in [0.3, 0.4) is 0 Å². The van der Waals surface area contributed by atoms with E-state index in [2.05, 4.69) is 9.47 Å². The Kier molecular flexibility index (Phi) is 5.96. The molecule has 0 radical (unpaired) electrons. The first-order chi connectivity index (χ1) is 9.88. The van der Waals surface area contributed by atoms with E-state index in [1.165, 1.54) is 0 Å². The number of rotatable bonds is 6. The molecule has 0 spiro atoms. The van der Waals surface area contributed by atoms with E-state index < -0.39 is 42.3 Å². The summed E-state index contributed by atoms with van der Waals surface area (Å²) in [5.74, 6) is -1.30. The highest BCUT2D eigenvalue weighted by molar-refractivity contribution is 5.74. The zero-order valence-electron chi connectivity index (χ0n) is 10.9. The second-order valence-electron chi connectivity index (χ2n) is 3.82. The van der Waals surface area contributed by atoms with E-state index in [-0.39, 0.29) is 12.2 Å². The van der Waals surface area contributed by atoms with Crippen LogP contribution in [0.15, 0.2) is 12.1 Å². The zero-order valence-corrected chi connectivity index (χ0v) is 10.9. The van der Waals surface area contributed by atoms with Crippen molar-refractivity contribution in [1.29, 1.82) is 5.26 Å². The molecule has 0 heterocycles. The molecule has 1 rings (SSSR count). The van der Waals surface area contributed by atoms with Gasteiger partial charge < -0.3 is 9.47 Å². The first-order valence-electron chi connectivity index (χ1n) is 5.84. The third-order valence-corrected chi connectivity index (χ3v) is 2.44. The molecule has 0 atom stereocenters. The van der Waals surface area contributed by atoms with Crippen LogP contribution in [0.5, 0.6) is 5.75 Å². The third kappa shape index (κ3) is 4.63. The molecule has 0 fully saturated rings. The van der Waals surface area contributed by atoms with Gasteiger partial charge in [0, 0.05) is 5.56 Å². The van der Waals surface area contributed by atoms with Crippen molar-refractivity contribution in [2.24, 2.45) is 0 Å². The van der Waals surface area contributed by atoms with Gasteiger partial charge in [-0.25, -0.2) is 8.78 Å². The summed E-state index contributed by atoms with van der Waals surface area (Å²) in [5, 5.41) is 8.94. The summed E-state index contributed by atoms with van der Waals surface area (Å²) in [6.45, 7) is -1.60. The number of nitriles is 1. The van der Waals surface area contributed by atoms with Gasteiger partial charge in [-0.3, -0.25) is 4.79 Å². The topological polar surface area (TPSA) is 59.3 Å². The first-order valence-corrected chi connectivity index (χ1v) is 5.84. The molecule has 8 heteroatoms. The first kappa shape index (κ1) is 16.8. The van der Waals surface area contributed by atoms with Crippen molar-refractivity contribution in [2.45, 2.75) is 26.4 Å². The third-order valence-electron chi connectivity index (χ3n) is 2.44. The van der Waals surface area contributed by atoms with Crippen molar-refractivity contribution < 1.29 is 31.8 Å². The number of hydrogen-bond acceptors (Lipinski definition) is 4. The molecule has 0 saturated carbocycles. The fourth-order valence-electron chi connectivity index (χ4n) is 1.68. The Morgan fingerprint density at radius 2 is 2.00 bits per heavy atom. The highest BCUT2D eigenvalue weighted by Crippen LogP contribution is 2.31. The molecular formula is C13H11F4NO3. The molecule has 0 amide bonds. The zero-order chi connectivity index (χ0) is 16.0. The molecule has 4 nitrogen and oxygen atoms in total. The van der Waals surface area contributed by atoms with Crippen molar-refractivity contribution in [3.8, 4) is 11.8 Å². The lowest BCUT2D eigenvalue weighted by Gasteiger charge is -2.12. The highest BCUT2D eigenvalue weighted by atomic mass is 19.3. The molecule has 0 aliphatic rings. The standard InChI is InChI=1S/C13H11F4NO3/c1-2-20-11(19)4-7-3-8(21-13(16)17)5-9(12(14)15)10(7)6-18/h3,5,12-13H,2,4H2,1H3. The number of hydrogen-bond donors (Lipinski definition) is 0. The monoisotopic (exact) mass is 305 g/mol. The molecule has 0 unspecified atom stereocenters. The van der Waals surface area contributed by atoms with Crippen molar-refractivity contribution >= 4 is 5.97 Å². The van der Waals surface area contributed by atoms with Gasteiger partial charge in [0.05, 0.1) is 24.7 Å². The van der Waals surface area contributed by atoms with Crippen LogP contribution in [-0.4, -0.2) is 19.2 Å². The maximum Gasteiger partial charge on any atom is 0.387 e. The predicted molar refractivity (Wildman–Crippen MR) is 63.1 cm³/mol. The number of halogens is 4. The average molecular weight is 305 g/mol. The lowest BCUT2D eigenvalue weighted by molar-refractivity contribution is -0.142. The quantitative estimate of drug-likeness (QED) is 0.598. The Morgan fingerprint density at radius 3 is 2.48 bits per heavy atom. The molecule has 0 aromatic heterocycles. The van der Waals surface area contributed by atoms with Gasteiger partial charge in [0.1, 0.15) is 5.75 Å². The minimum atomic E-state index is -3.21. The predicted octanol–water partition coefficient (Wildman–Crippen LogP) is 3.20. The summed E-state index contributed by atoms with van der Waals surface area (Å²) >= 11 is 0. The number of alkyl halides is 4. The molecule has 0 aliphatic carbocycles. The van der Waals surface area contributed by atoms with Crippen molar-refractivity contribution in [1.82, 2.24) is 0 Å². The fraction of sp³-hybridized carbons (Fsp3) is 0.385. The Balaban J connectivity index is 3.27. The van der Waals surface area contributed by atoms with Crippen LogP contribution >= 0.6 is 0 Å². The van der Waals surface area contributed by atoms with Gasteiger partial charge in [-0.1, -0.05) is 0 Å². The van der Waals surface area contributed by atoms with Gasteiger partial charge in [-0.2, -0.15) is 14.0 Å². The molecule has 0 aliphatic heterocycles. The molecule has 0 N–H and O–H groups in total. The lowest BCUT2D eigenvalue weighted by Crippen LogP contribution is -2.11. The SMILES string of the molecule is CCOC(=O)Cc1cc(OC(F)F)cc(C(F)F)c1C#N. The number of carbonyl (C=O) groups is 1. The van der Waals surface area contributed by atoms with Gasteiger partial charge in [0.15, 0.2) is 0 Å². The second kappa shape index (κ2) is 7.47. The number of ether oxygens (including phenoxy) is 2. The molecule has 1 aromatic carbocycles. The van der Waals surface area contributed by atoms with Gasteiger partial charge in [0.2, 0.25) is 0 Å². The minimum absolute atomic E-state index is 0.0651. The Morgan fingerprint density at radius 1 is 1.33 bits per heavy atom. The van der Waals surface area contributed by atoms with Crippen molar-refractivity contribution in [3.05, 3.63) is 28.8 Å². The maximum atomic E-state index is 12.9. The van der Waals surface area contributed by atoms with Crippen molar-refractivity contribution in [2.75, 3.05) is 6.61 Å². The molecule has 0 bridgehead atoms. The lowest BCUT2D eigenvalue weighted by atomic mass is 9.99. The van der Waals surface area contributed by atoms with E-state index in [4.69, 9.17) is 5.26 Å². The minimum Gasteiger partial charge on any atom is -0.466 e. The summed E-state index contributed by atoms with van der Waals surface area (Å²) in [5.41, 5.74) is -1.36. The Bertz CT molecular complexity index is 555. The highest BCUT2D eigenvalue weighted by Gasteiger charge is 2.21. The normalized spacial score (nSPS) is 10.6. The van der Waals surface area contributed by atoms with Gasteiger partial charge in [-0.15, -0.1) is 0 Å². The van der Waals surface area contributed by atoms with Crippen LogP contribution in [0.4, 0.5) is 17.6 Å². The smallest absolute Gasteiger partial charge is 0.387 e. The summed E-state index contributed by atoms with van der Waals surface area (Å²) in [6, 6.07) is 3.15. The van der Waals surface area contributed by atoms with E-state index in [0.29, 0.717) is 6.07 Å². The molecule has 114 valence electrons. The van der Waals surface area contributed by atoms with E-state index in [1.807, 2.05) is 0 Å². The number of carbonyl (C=O) groups excluding carboxylic acids is 1. The van der Waals surface area contributed by atoms with Crippen LogP contribution in [0.25, 0.3) is 0 Å². The van der Waals surface area contributed by atoms with Gasteiger partial charge >= 0.3 is 12.6 Å². The van der Waals surface area contributed by atoms with Crippen LogP contribution in [-0.2, 0) is 16.0 Å². The van der Waals surface area contributed by atoms with Gasteiger partial charge in [-0.05, 0) is 24.6 Å². The molecule has 0 saturated heterocycles.